The summed E-state index contributed by atoms with van der Waals surface area (Å²) < 4.78 is 5.55. The first-order valence-corrected chi connectivity index (χ1v) is 7.65. The van der Waals surface area contributed by atoms with Gasteiger partial charge in [0.15, 0.2) is 0 Å². The fourth-order valence-electron chi connectivity index (χ4n) is 2.34. The molecule has 19 heavy (non-hydrogen) atoms. The van der Waals surface area contributed by atoms with Crippen LogP contribution in [0.5, 0.6) is 0 Å². The summed E-state index contributed by atoms with van der Waals surface area (Å²) in [5.74, 6) is 1.01. The van der Waals surface area contributed by atoms with Gasteiger partial charge in [0.05, 0.1) is 11.8 Å². The summed E-state index contributed by atoms with van der Waals surface area (Å²) in [6, 6.07) is 0. The Kier molecular flexibility index (Phi) is 4.87. The van der Waals surface area contributed by atoms with Crippen LogP contribution in [0.1, 0.15) is 35.8 Å². The number of nitrogens with zero attached hydrogens (tertiary/aromatic N) is 1. The maximum absolute atomic E-state index is 12.1. The highest BCUT2D eigenvalue weighted by Gasteiger charge is 2.33. The van der Waals surface area contributed by atoms with Gasteiger partial charge in [0.25, 0.3) is 5.91 Å². The molecular formula is C13H21N3O2S. The first-order chi connectivity index (χ1) is 9.17. The Hall–Kier alpha value is -1.01. The van der Waals surface area contributed by atoms with Crippen LogP contribution in [0.3, 0.4) is 0 Å². The fraction of sp³-hybridized carbons (Fsp3) is 0.692. The molecule has 0 radical (unpaired) electrons. The van der Waals surface area contributed by atoms with Crippen LogP contribution in [0, 0.1) is 6.92 Å². The molecule has 5 nitrogen and oxygen atoms in total. The normalized spacial score (nSPS) is 18.2. The van der Waals surface area contributed by atoms with Crippen molar-refractivity contribution in [2.24, 2.45) is 0 Å². The van der Waals surface area contributed by atoms with Gasteiger partial charge in [-0.25, -0.2) is 0 Å². The van der Waals surface area contributed by atoms with Crippen molar-refractivity contribution >= 4 is 17.7 Å². The summed E-state index contributed by atoms with van der Waals surface area (Å²) in [4.78, 5) is 12.1. The van der Waals surface area contributed by atoms with Gasteiger partial charge < -0.3 is 10.1 Å². The number of carbonyl (C=O) groups is 1. The molecule has 6 heteroatoms. The van der Waals surface area contributed by atoms with E-state index in [4.69, 9.17) is 4.74 Å². The molecule has 0 spiro atoms. The highest BCUT2D eigenvalue weighted by atomic mass is 32.2. The van der Waals surface area contributed by atoms with Crippen LogP contribution in [0.15, 0.2) is 6.20 Å². The largest absolute Gasteiger partial charge is 0.381 e. The van der Waals surface area contributed by atoms with Gasteiger partial charge in [-0.05, 0) is 25.5 Å². The lowest BCUT2D eigenvalue weighted by molar-refractivity contribution is 0.0741. The summed E-state index contributed by atoms with van der Waals surface area (Å²) >= 11 is 1.92. The minimum atomic E-state index is -0.0474. The molecule has 1 aliphatic rings. The topological polar surface area (TPSA) is 67.0 Å². The summed E-state index contributed by atoms with van der Waals surface area (Å²) in [7, 11) is 0. The smallest absolute Gasteiger partial charge is 0.254 e. The number of aromatic amines is 1. The molecule has 0 aliphatic carbocycles. The lowest BCUT2D eigenvalue weighted by atomic mass is 9.99. The molecule has 2 N–H and O–H groups in total. The number of H-pyrrole nitrogens is 1. The molecule has 1 saturated heterocycles. The van der Waals surface area contributed by atoms with E-state index in [-0.39, 0.29) is 10.7 Å². The van der Waals surface area contributed by atoms with Gasteiger partial charge in [-0.3, -0.25) is 9.89 Å². The summed E-state index contributed by atoms with van der Waals surface area (Å²) in [5, 5.41) is 9.71. The Labute approximate surface area is 117 Å². The highest BCUT2D eigenvalue weighted by molar-refractivity contribution is 8.00. The predicted molar refractivity (Wildman–Crippen MR) is 76.6 cm³/mol. The van der Waals surface area contributed by atoms with Gasteiger partial charge in [-0.1, -0.05) is 6.92 Å². The number of aryl methyl sites for hydroxylation is 1. The van der Waals surface area contributed by atoms with Crippen LogP contribution in [0.25, 0.3) is 0 Å². The molecule has 2 rings (SSSR count). The third-order valence-electron chi connectivity index (χ3n) is 3.50. The Morgan fingerprint density at radius 3 is 2.89 bits per heavy atom. The number of rotatable bonds is 5. The molecule has 106 valence electrons. The Morgan fingerprint density at radius 2 is 2.32 bits per heavy atom. The highest BCUT2D eigenvalue weighted by Crippen LogP contribution is 2.34. The van der Waals surface area contributed by atoms with Crippen molar-refractivity contribution in [2.75, 3.05) is 25.5 Å². The fourth-order valence-corrected chi connectivity index (χ4v) is 3.58. The van der Waals surface area contributed by atoms with E-state index < -0.39 is 0 Å². The van der Waals surface area contributed by atoms with Crippen molar-refractivity contribution in [3.05, 3.63) is 17.5 Å². The summed E-state index contributed by atoms with van der Waals surface area (Å²) in [5.41, 5.74) is 1.44. The van der Waals surface area contributed by atoms with Crippen molar-refractivity contribution in [1.29, 1.82) is 0 Å². The number of carbonyl (C=O) groups excluding carboxylic acids is 1. The third kappa shape index (κ3) is 3.51. The van der Waals surface area contributed by atoms with E-state index in [1.807, 2.05) is 18.7 Å². The summed E-state index contributed by atoms with van der Waals surface area (Å²) in [6.07, 6.45) is 3.57. The van der Waals surface area contributed by atoms with Gasteiger partial charge >= 0.3 is 0 Å². The second-order valence-electron chi connectivity index (χ2n) is 4.82. The van der Waals surface area contributed by atoms with Gasteiger partial charge in [-0.2, -0.15) is 16.9 Å². The zero-order valence-corrected chi connectivity index (χ0v) is 12.3. The molecule has 0 atom stereocenters. The van der Waals surface area contributed by atoms with Crippen LogP contribution in [0.4, 0.5) is 0 Å². The summed E-state index contributed by atoms with van der Waals surface area (Å²) in [6.45, 7) is 6.27. The molecule has 2 heterocycles. The minimum Gasteiger partial charge on any atom is -0.381 e. The van der Waals surface area contributed by atoms with Gasteiger partial charge in [0.2, 0.25) is 0 Å². The quantitative estimate of drug-likeness (QED) is 0.864. The van der Waals surface area contributed by atoms with E-state index in [0.29, 0.717) is 12.1 Å². The molecule has 0 unspecified atom stereocenters. The van der Waals surface area contributed by atoms with Crippen molar-refractivity contribution in [2.45, 2.75) is 31.4 Å². The molecule has 0 saturated carbocycles. The molecule has 1 fully saturated rings. The average Bonchev–Trinajstić information content (AvgIpc) is 2.84. The number of ether oxygens (including phenoxy) is 1. The Morgan fingerprint density at radius 1 is 1.58 bits per heavy atom. The van der Waals surface area contributed by atoms with Crippen molar-refractivity contribution < 1.29 is 9.53 Å². The molecule has 0 aromatic carbocycles. The second kappa shape index (κ2) is 6.43. The second-order valence-corrected chi connectivity index (χ2v) is 6.55. The Bertz CT molecular complexity index is 422. The zero-order chi connectivity index (χ0) is 13.7. The zero-order valence-electron chi connectivity index (χ0n) is 11.5. The molecule has 1 aromatic heterocycles. The number of aromatic nitrogens is 2. The maximum atomic E-state index is 12.1. The first kappa shape index (κ1) is 14.4. The van der Waals surface area contributed by atoms with Crippen LogP contribution in [-0.4, -0.2) is 46.4 Å². The number of thioether (sulfide) groups is 1. The third-order valence-corrected chi connectivity index (χ3v) is 4.95. The number of nitrogens with one attached hydrogen (secondary N) is 2. The van der Waals surface area contributed by atoms with E-state index in [9.17, 15) is 4.79 Å². The van der Waals surface area contributed by atoms with E-state index in [1.165, 1.54) is 0 Å². The predicted octanol–water partition coefficient (Wildman–Crippen LogP) is 1.75. The van der Waals surface area contributed by atoms with Crippen LogP contribution in [-0.2, 0) is 4.74 Å². The lowest BCUT2D eigenvalue weighted by Crippen LogP contribution is -2.44. The maximum Gasteiger partial charge on any atom is 0.254 e. The van der Waals surface area contributed by atoms with Crippen molar-refractivity contribution in [3.8, 4) is 0 Å². The lowest BCUT2D eigenvalue weighted by Gasteiger charge is -2.36. The van der Waals surface area contributed by atoms with Gasteiger partial charge in [0.1, 0.15) is 0 Å². The molecule has 1 aromatic rings. The molecular weight excluding hydrogens is 262 g/mol. The van der Waals surface area contributed by atoms with Gasteiger partial charge in [-0.15, -0.1) is 0 Å². The SMILES string of the molecule is CCSC1(CNC(=O)c2cn[nH]c2C)CCOCC1. The first-order valence-electron chi connectivity index (χ1n) is 6.67. The number of hydrogen-bond acceptors (Lipinski definition) is 4. The monoisotopic (exact) mass is 283 g/mol. The van der Waals surface area contributed by atoms with E-state index >= 15 is 0 Å². The number of hydrogen-bond donors (Lipinski definition) is 2. The van der Waals surface area contributed by atoms with Gasteiger partial charge in [0, 0.05) is 30.2 Å². The van der Waals surface area contributed by atoms with E-state index in [1.54, 1.807) is 6.20 Å². The molecule has 0 bridgehead atoms. The Balaban J connectivity index is 1.95. The minimum absolute atomic E-state index is 0.0474. The van der Waals surface area contributed by atoms with Crippen LogP contribution >= 0.6 is 11.8 Å². The van der Waals surface area contributed by atoms with E-state index in [0.717, 1.165) is 37.5 Å². The molecule has 1 amide bonds. The average molecular weight is 283 g/mol. The van der Waals surface area contributed by atoms with Crippen molar-refractivity contribution in [1.82, 2.24) is 15.5 Å². The van der Waals surface area contributed by atoms with Crippen LogP contribution in [0.2, 0.25) is 0 Å². The van der Waals surface area contributed by atoms with Crippen LogP contribution < -0.4 is 5.32 Å². The number of amides is 1. The standard InChI is InChI=1S/C13H21N3O2S/c1-3-19-13(4-6-18-7-5-13)9-14-12(17)11-8-15-16-10(11)2/h8H,3-7,9H2,1-2H3,(H,14,17)(H,15,16). The van der Waals surface area contributed by atoms with E-state index in [2.05, 4.69) is 22.4 Å². The van der Waals surface area contributed by atoms with Crippen molar-refractivity contribution in [3.63, 3.8) is 0 Å². The molecule has 1 aliphatic heterocycles.